The first-order chi connectivity index (χ1) is 24.0. The van der Waals surface area contributed by atoms with Gasteiger partial charge in [-0.05, 0) is 63.9 Å². The summed E-state index contributed by atoms with van der Waals surface area (Å²) in [5.74, 6) is -1.70. The maximum atomic E-state index is 14.2. The van der Waals surface area contributed by atoms with Crippen molar-refractivity contribution in [1.29, 1.82) is 0 Å². The molecule has 2 fully saturated rings. The highest BCUT2D eigenvalue weighted by Gasteiger charge is 2.44. The zero-order valence-corrected chi connectivity index (χ0v) is 32.4. The minimum Gasteiger partial charge on any atom is -0.386 e. The van der Waals surface area contributed by atoms with Crippen molar-refractivity contribution < 1.29 is 33.8 Å². The summed E-state index contributed by atoms with van der Waals surface area (Å²) in [4.78, 5) is 58.2. The van der Waals surface area contributed by atoms with Crippen LogP contribution < -0.4 is 16.4 Å². The van der Waals surface area contributed by atoms with Crippen molar-refractivity contribution in [3.8, 4) is 0 Å². The number of carbonyl (C=O) groups excluding carboxylic acids is 4. The molecule has 0 aromatic heterocycles. The average molecular weight is 716 g/mol. The number of aliphatic hydroxyl groups is 1. The molecule has 12 heteroatoms. The van der Waals surface area contributed by atoms with Gasteiger partial charge < -0.3 is 40.7 Å². The molecule has 288 valence electrons. The molecule has 1 saturated heterocycles. The average Bonchev–Trinajstić information content (AvgIpc) is 3.59. The number of likely N-dealkylation sites (N-methyl/N-ethyl adjacent to an activating group) is 1. The lowest BCUT2D eigenvalue weighted by Gasteiger charge is -2.43. The van der Waals surface area contributed by atoms with E-state index in [9.17, 15) is 24.3 Å². The number of nitrogens with one attached hydrogen (secondary N) is 2. The first-order valence-corrected chi connectivity index (χ1v) is 18.8. The van der Waals surface area contributed by atoms with Crippen molar-refractivity contribution in [2.24, 2.45) is 23.5 Å². The molecule has 1 aliphatic carbocycles. The highest BCUT2D eigenvalue weighted by Crippen LogP contribution is 2.34. The van der Waals surface area contributed by atoms with Crippen molar-refractivity contribution >= 4 is 23.6 Å². The Hall–Kier alpha value is -3.06. The van der Waals surface area contributed by atoms with Crippen LogP contribution in [0.15, 0.2) is 30.3 Å². The number of aliphatic hydroxyl groups excluding tert-OH is 1. The van der Waals surface area contributed by atoms with Crippen molar-refractivity contribution in [3.05, 3.63) is 35.9 Å². The van der Waals surface area contributed by atoms with Crippen LogP contribution in [0, 0.1) is 17.8 Å². The van der Waals surface area contributed by atoms with Crippen molar-refractivity contribution in [2.45, 2.75) is 141 Å². The van der Waals surface area contributed by atoms with E-state index in [-0.39, 0.29) is 42.0 Å². The fraction of sp³-hybridized carbons (Fsp3) is 0.744. The third kappa shape index (κ3) is 11.0. The second-order valence-corrected chi connectivity index (χ2v) is 15.7. The second kappa shape index (κ2) is 19.1. The molecule has 1 aliphatic heterocycles. The van der Waals surface area contributed by atoms with Gasteiger partial charge in [0.25, 0.3) is 0 Å². The van der Waals surface area contributed by atoms with Crippen LogP contribution in [0.2, 0.25) is 0 Å². The molecule has 4 amide bonds. The van der Waals surface area contributed by atoms with E-state index < -0.39 is 53.8 Å². The van der Waals surface area contributed by atoms with Gasteiger partial charge in [-0.15, -0.1) is 0 Å². The minimum atomic E-state index is -1.15. The zero-order chi connectivity index (χ0) is 38.0. The number of likely N-dealkylation sites (tertiary alicyclic amines) is 1. The Morgan fingerprint density at radius 2 is 1.59 bits per heavy atom. The summed E-state index contributed by atoms with van der Waals surface area (Å²) in [5.41, 5.74) is 5.62. The van der Waals surface area contributed by atoms with Crippen molar-refractivity contribution in [1.82, 2.24) is 20.4 Å². The number of benzene rings is 1. The molecule has 0 bridgehead atoms. The molecule has 1 aromatic carbocycles. The van der Waals surface area contributed by atoms with E-state index in [1.165, 1.54) is 0 Å². The number of rotatable bonds is 17. The quantitative estimate of drug-likeness (QED) is 0.190. The van der Waals surface area contributed by atoms with E-state index in [0.29, 0.717) is 18.5 Å². The Balaban J connectivity index is 1.79. The molecule has 51 heavy (non-hydrogen) atoms. The van der Waals surface area contributed by atoms with Gasteiger partial charge in [-0.1, -0.05) is 70.4 Å². The molecule has 1 heterocycles. The van der Waals surface area contributed by atoms with Crippen molar-refractivity contribution in [3.63, 3.8) is 0 Å². The Bertz CT molecular complexity index is 1280. The molecule has 0 radical (unpaired) electrons. The maximum Gasteiger partial charge on any atom is 0.245 e. The first-order valence-electron chi connectivity index (χ1n) is 18.8. The van der Waals surface area contributed by atoms with E-state index in [0.717, 1.165) is 38.5 Å². The molecule has 1 aromatic rings. The largest absolute Gasteiger partial charge is 0.386 e. The van der Waals surface area contributed by atoms with Crippen molar-refractivity contribution in [2.75, 3.05) is 27.8 Å². The van der Waals surface area contributed by atoms with Gasteiger partial charge in [-0.25, -0.2) is 0 Å². The first kappa shape index (κ1) is 42.4. The van der Waals surface area contributed by atoms with Gasteiger partial charge in [0, 0.05) is 27.8 Å². The lowest BCUT2D eigenvalue weighted by Crippen LogP contribution is -2.61. The van der Waals surface area contributed by atoms with Gasteiger partial charge in [-0.3, -0.25) is 19.2 Å². The van der Waals surface area contributed by atoms with Crippen LogP contribution >= 0.6 is 0 Å². The Morgan fingerprint density at radius 3 is 2.14 bits per heavy atom. The van der Waals surface area contributed by atoms with Crippen LogP contribution in [0.3, 0.4) is 0 Å². The Labute approximate surface area is 305 Å². The van der Waals surface area contributed by atoms with Gasteiger partial charge in [0.2, 0.25) is 23.6 Å². The lowest BCUT2D eigenvalue weighted by atomic mass is 9.80. The van der Waals surface area contributed by atoms with E-state index >= 15 is 0 Å². The fourth-order valence-corrected chi connectivity index (χ4v) is 7.85. The lowest BCUT2D eigenvalue weighted by molar-refractivity contribution is -0.148. The summed E-state index contributed by atoms with van der Waals surface area (Å²) < 4.78 is 12.0. The fourth-order valence-electron chi connectivity index (χ4n) is 7.85. The van der Waals surface area contributed by atoms with Gasteiger partial charge in [0.15, 0.2) is 0 Å². The van der Waals surface area contributed by atoms with Crippen LogP contribution in [0.5, 0.6) is 0 Å². The van der Waals surface area contributed by atoms with Gasteiger partial charge in [-0.2, -0.15) is 0 Å². The van der Waals surface area contributed by atoms with E-state index in [1.54, 1.807) is 53.9 Å². The Kier molecular flexibility index (Phi) is 15.9. The zero-order valence-electron chi connectivity index (χ0n) is 32.4. The number of ether oxygens (including phenoxy) is 2. The standard InChI is InChI=1S/C39H65N5O7/c1-24(2)32(42-38(49)39(5,6)40)37(48)43(7)33(27-17-12-10-13-18-27)30(50-8)23-31(45)44-22-16-21-29(44)35(51-9)25(3)36(47)41-26(4)34(46)28-19-14-11-15-20-28/h11,14-15,19-20,24-27,29-30,32-35,46H,10,12-13,16-18,21-23,40H2,1-9H3,(H,41,47)(H,42,49)/t25-,26-,29?,30-,32?,33+,34-,35-/m1/s1. The topological polar surface area (TPSA) is 164 Å². The number of amides is 4. The normalized spacial score (nSPS) is 21.3. The number of hydrogen-bond donors (Lipinski definition) is 4. The number of methoxy groups -OCH3 is 2. The molecule has 8 atom stereocenters. The van der Waals surface area contributed by atoms with E-state index in [2.05, 4.69) is 10.6 Å². The highest BCUT2D eigenvalue weighted by molar-refractivity contribution is 5.91. The summed E-state index contributed by atoms with van der Waals surface area (Å²) in [7, 11) is 4.90. The summed E-state index contributed by atoms with van der Waals surface area (Å²) in [6.07, 6.45) is 4.47. The molecule has 2 unspecified atom stereocenters. The number of hydrogen-bond acceptors (Lipinski definition) is 8. The monoisotopic (exact) mass is 715 g/mol. The van der Waals surface area contributed by atoms with Crippen LogP contribution in [-0.4, -0.2) is 108 Å². The number of nitrogens with two attached hydrogens (primary N) is 1. The molecule has 3 rings (SSSR count). The van der Waals surface area contributed by atoms with Crippen LogP contribution in [0.1, 0.15) is 105 Å². The predicted molar refractivity (Wildman–Crippen MR) is 197 cm³/mol. The molecule has 0 spiro atoms. The number of carbonyl (C=O) groups is 4. The maximum absolute atomic E-state index is 14.2. The van der Waals surface area contributed by atoms with Crippen LogP contribution in [-0.2, 0) is 28.7 Å². The molecule has 2 aliphatic rings. The second-order valence-electron chi connectivity index (χ2n) is 15.7. The van der Waals surface area contributed by atoms with Gasteiger partial charge in [0.05, 0.1) is 54.3 Å². The van der Waals surface area contributed by atoms with Gasteiger partial charge in [0.1, 0.15) is 6.04 Å². The Morgan fingerprint density at radius 1 is 0.961 bits per heavy atom. The molecular formula is C39H65N5O7. The predicted octanol–water partition coefficient (Wildman–Crippen LogP) is 3.56. The summed E-state index contributed by atoms with van der Waals surface area (Å²) in [6, 6.07) is 7.14. The van der Waals surface area contributed by atoms with E-state index in [4.69, 9.17) is 15.2 Å². The minimum absolute atomic E-state index is 0.0532. The summed E-state index contributed by atoms with van der Waals surface area (Å²) >= 11 is 0. The molecule has 12 nitrogen and oxygen atoms in total. The summed E-state index contributed by atoms with van der Waals surface area (Å²) in [6.45, 7) is 11.1. The SMILES string of the molecule is CO[C@H](CC(=O)N1CCCC1[C@H](OC)[C@@H](C)C(=O)N[C@H](C)[C@@H](O)c1ccccc1)[C@H](C1CCCCC1)N(C)C(=O)C(NC(=O)C(C)(C)N)C(C)C. The highest BCUT2D eigenvalue weighted by atomic mass is 16.5. The summed E-state index contributed by atoms with van der Waals surface area (Å²) in [5, 5.41) is 16.7. The van der Waals surface area contributed by atoms with E-state index in [1.807, 2.05) is 49.1 Å². The van der Waals surface area contributed by atoms with Crippen LogP contribution in [0.4, 0.5) is 0 Å². The van der Waals surface area contributed by atoms with Gasteiger partial charge >= 0.3 is 0 Å². The molecule has 5 N–H and O–H groups in total. The third-order valence-corrected chi connectivity index (χ3v) is 11.0. The smallest absolute Gasteiger partial charge is 0.245 e. The molecule has 1 saturated carbocycles. The molecular weight excluding hydrogens is 650 g/mol. The van der Waals surface area contributed by atoms with Crippen LogP contribution in [0.25, 0.3) is 0 Å². The third-order valence-electron chi connectivity index (χ3n) is 11.0. The number of nitrogens with zero attached hydrogens (tertiary/aromatic N) is 2.